The number of hydrogen-bond acceptors (Lipinski definition) is 5. The molecule has 0 bridgehead atoms. The number of aryl methyl sites for hydroxylation is 2. The van der Waals surface area contributed by atoms with Gasteiger partial charge in [0, 0.05) is 31.1 Å². The third-order valence-corrected chi connectivity index (χ3v) is 6.24. The normalized spacial score (nSPS) is 10.9. The number of carbonyl (C=O) groups excluding carboxylic acids is 1. The van der Waals surface area contributed by atoms with E-state index in [1.807, 2.05) is 12.1 Å². The third kappa shape index (κ3) is 7.30. The van der Waals surface area contributed by atoms with Crippen LogP contribution in [0.3, 0.4) is 0 Å². The van der Waals surface area contributed by atoms with Crippen LogP contribution in [0.2, 0.25) is 0 Å². The summed E-state index contributed by atoms with van der Waals surface area (Å²) >= 11 is 0. The lowest BCUT2D eigenvalue weighted by Gasteiger charge is -2.17. The Kier molecular flexibility index (Phi) is 9.86. The molecule has 0 spiro atoms. The molecule has 0 saturated heterocycles. The van der Waals surface area contributed by atoms with Crippen LogP contribution >= 0.6 is 0 Å². The fourth-order valence-electron chi connectivity index (χ4n) is 3.95. The van der Waals surface area contributed by atoms with E-state index >= 15 is 0 Å². The average molecular weight is 489 g/mol. The first-order valence-corrected chi connectivity index (χ1v) is 12.3. The number of esters is 1. The number of aliphatic hydroxyl groups is 2. The summed E-state index contributed by atoms with van der Waals surface area (Å²) in [6.07, 6.45) is 1.03. The van der Waals surface area contributed by atoms with Gasteiger partial charge in [-0.1, -0.05) is 60.7 Å². The van der Waals surface area contributed by atoms with Crippen molar-refractivity contribution in [1.29, 1.82) is 0 Å². The zero-order chi connectivity index (χ0) is 26.1. The summed E-state index contributed by atoms with van der Waals surface area (Å²) in [5.41, 5.74) is 8.22. The first-order chi connectivity index (χ1) is 17.3. The van der Waals surface area contributed by atoms with Gasteiger partial charge in [0.2, 0.25) is 0 Å². The van der Waals surface area contributed by atoms with Crippen LogP contribution in [0.5, 0.6) is 5.75 Å². The number of aliphatic hydroxyl groups excluding tert-OH is 2. The Morgan fingerprint density at radius 2 is 1.56 bits per heavy atom. The molecule has 0 atom stereocenters. The fraction of sp³-hybridized carbons (Fsp3) is 0.323. The second kappa shape index (κ2) is 13.1. The van der Waals surface area contributed by atoms with Gasteiger partial charge in [0.15, 0.2) is 0 Å². The Morgan fingerprint density at radius 1 is 0.889 bits per heavy atom. The lowest BCUT2D eigenvalue weighted by molar-refractivity contribution is -0.138. The van der Waals surface area contributed by atoms with Gasteiger partial charge in [0.05, 0.1) is 13.2 Å². The maximum Gasteiger partial charge on any atom is 0.333 e. The molecule has 0 heterocycles. The second-order valence-electron chi connectivity index (χ2n) is 9.25. The molecule has 3 rings (SSSR count). The molecule has 0 aromatic heterocycles. The van der Waals surface area contributed by atoms with Crippen LogP contribution in [0.25, 0.3) is 22.3 Å². The van der Waals surface area contributed by atoms with Crippen LogP contribution in [-0.2, 0) is 16.0 Å². The molecule has 3 aromatic carbocycles. The number of benzene rings is 3. The minimum Gasteiger partial charge on any atom is -0.493 e. The molecule has 5 heteroatoms. The fourth-order valence-corrected chi connectivity index (χ4v) is 3.95. The number of ether oxygens (including phenoxy) is 2. The van der Waals surface area contributed by atoms with Crippen LogP contribution in [0.4, 0.5) is 0 Å². The topological polar surface area (TPSA) is 76.0 Å². The molecule has 0 aliphatic heterocycles. The maximum absolute atomic E-state index is 11.8. The molecule has 5 nitrogen and oxygen atoms in total. The van der Waals surface area contributed by atoms with Gasteiger partial charge >= 0.3 is 5.97 Å². The van der Waals surface area contributed by atoms with Crippen LogP contribution in [0.1, 0.15) is 30.0 Å². The minimum atomic E-state index is -0.412. The molecule has 190 valence electrons. The van der Waals surface area contributed by atoms with Crippen LogP contribution < -0.4 is 4.74 Å². The molecular weight excluding hydrogens is 452 g/mol. The minimum absolute atomic E-state index is 0.0830. The summed E-state index contributed by atoms with van der Waals surface area (Å²) in [5.74, 6) is 0.0810. The van der Waals surface area contributed by atoms with Gasteiger partial charge in [0.25, 0.3) is 0 Å². The highest BCUT2D eigenvalue weighted by molar-refractivity contribution is 5.86. The molecule has 0 aliphatic carbocycles. The summed E-state index contributed by atoms with van der Waals surface area (Å²) in [7, 11) is 0. The number of hydrogen-bond donors (Lipinski definition) is 2. The van der Waals surface area contributed by atoms with E-state index in [9.17, 15) is 15.0 Å². The van der Waals surface area contributed by atoms with E-state index in [0.717, 1.165) is 22.3 Å². The lowest BCUT2D eigenvalue weighted by atomic mass is 9.94. The summed E-state index contributed by atoms with van der Waals surface area (Å²) in [6, 6.07) is 21.0. The summed E-state index contributed by atoms with van der Waals surface area (Å²) in [5, 5.41) is 18.6. The zero-order valence-corrected chi connectivity index (χ0v) is 21.4. The number of carbonyl (C=O) groups is 1. The zero-order valence-electron chi connectivity index (χ0n) is 21.4. The molecule has 0 saturated carbocycles. The highest BCUT2D eigenvalue weighted by atomic mass is 16.5. The van der Waals surface area contributed by atoms with Gasteiger partial charge in [0.1, 0.15) is 5.75 Å². The van der Waals surface area contributed by atoms with E-state index in [1.165, 1.54) is 16.7 Å². The predicted octanol–water partition coefficient (Wildman–Crippen LogP) is 5.67. The van der Waals surface area contributed by atoms with Gasteiger partial charge in [-0.25, -0.2) is 4.79 Å². The van der Waals surface area contributed by atoms with Gasteiger partial charge in [-0.3, -0.25) is 0 Å². The van der Waals surface area contributed by atoms with Crippen molar-refractivity contribution in [3.8, 4) is 28.0 Å². The van der Waals surface area contributed by atoms with Crippen LogP contribution in [0, 0.1) is 19.8 Å². The molecule has 36 heavy (non-hydrogen) atoms. The largest absolute Gasteiger partial charge is 0.493 e. The summed E-state index contributed by atoms with van der Waals surface area (Å²) in [6.45, 7) is 9.86. The van der Waals surface area contributed by atoms with Crippen molar-refractivity contribution in [2.75, 3.05) is 26.4 Å². The monoisotopic (exact) mass is 488 g/mol. The molecule has 0 amide bonds. The predicted molar refractivity (Wildman–Crippen MR) is 144 cm³/mol. The maximum atomic E-state index is 11.8. The Morgan fingerprint density at radius 3 is 2.19 bits per heavy atom. The Bertz CT molecular complexity index is 1180. The Balaban J connectivity index is 1.84. The first kappa shape index (κ1) is 27.2. The highest BCUT2D eigenvalue weighted by Crippen LogP contribution is 2.32. The van der Waals surface area contributed by atoms with Gasteiger partial charge in [-0.2, -0.15) is 0 Å². The summed E-state index contributed by atoms with van der Waals surface area (Å²) in [4.78, 5) is 11.8. The molecule has 0 aliphatic rings. The quantitative estimate of drug-likeness (QED) is 0.254. The van der Waals surface area contributed by atoms with E-state index in [-0.39, 0.29) is 25.7 Å². The molecule has 2 N–H and O–H groups in total. The summed E-state index contributed by atoms with van der Waals surface area (Å²) < 4.78 is 11.3. The third-order valence-electron chi connectivity index (χ3n) is 6.24. The van der Waals surface area contributed by atoms with E-state index in [0.29, 0.717) is 30.8 Å². The average Bonchev–Trinajstić information content (AvgIpc) is 2.87. The first-order valence-electron chi connectivity index (χ1n) is 12.3. The molecular formula is C31H36O5. The molecule has 3 aromatic rings. The van der Waals surface area contributed by atoms with Crippen molar-refractivity contribution in [3.63, 3.8) is 0 Å². The van der Waals surface area contributed by atoms with Crippen molar-refractivity contribution in [1.82, 2.24) is 0 Å². The highest BCUT2D eigenvalue weighted by Gasteiger charge is 2.13. The van der Waals surface area contributed by atoms with E-state index < -0.39 is 5.97 Å². The SMILES string of the molecule is C=C(C)C(=O)OCCc1cc(-c2ccc(-c3ccc(C)cc3)cc2C)ccc1OCCC(CO)CO. The van der Waals surface area contributed by atoms with Gasteiger partial charge in [-0.05, 0) is 72.7 Å². The Labute approximate surface area is 214 Å². The smallest absolute Gasteiger partial charge is 0.333 e. The van der Waals surface area contributed by atoms with Crippen LogP contribution in [0.15, 0.2) is 72.8 Å². The Hall–Kier alpha value is -3.41. The molecule has 0 unspecified atom stereocenters. The van der Waals surface area contributed by atoms with E-state index in [2.05, 4.69) is 69.0 Å². The van der Waals surface area contributed by atoms with E-state index in [4.69, 9.17) is 9.47 Å². The second-order valence-corrected chi connectivity index (χ2v) is 9.25. The standard InChI is InChI=1S/C31H36O5/c1-21(2)31(34)36-16-14-28-18-27(10-12-30(28)35-15-13-24(19-32)20-33)29-11-9-26(17-23(29)4)25-7-5-22(3)6-8-25/h5-12,17-18,24,32-33H,1,13-16,19-20H2,2-4H3. The van der Waals surface area contributed by atoms with Crippen molar-refractivity contribution < 1.29 is 24.5 Å². The molecule has 0 radical (unpaired) electrons. The van der Waals surface area contributed by atoms with E-state index in [1.54, 1.807) is 6.92 Å². The van der Waals surface area contributed by atoms with Gasteiger partial charge < -0.3 is 19.7 Å². The number of rotatable bonds is 12. The van der Waals surface area contributed by atoms with Gasteiger partial charge in [-0.15, -0.1) is 0 Å². The van der Waals surface area contributed by atoms with Crippen LogP contribution in [-0.4, -0.2) is 42.6 Å². The van der Waals surface area contributed by atoms with Crippen molar-refractivity contribution in [2.45, 2.75) is 33.6 Å². The van der Waals surface area contributed by atoms with Crippen molar-refractivity contribution in [3.05, 3.63) is 89.5 Å². The van der Waals surface area contributed by atoms with Crippen molar-refractivity contribution in [2.24, 2.45) is 5.92 Å². The lowest BCUT2D eigenvalue weighted by Crippen LogP contribution is -2.15. The van der Waals surface area contributed by atoms with Crippen molar-refractivity contribution >= 4 is 5.97 Å². The molecule has 0 fully saturated rings.